The van der Waals surface area contributed by atoms with Crippen LogP contribution < -0.4 is 5.32 Å². The predicted octanol–water partition coefficient (Wildman–Crippen LogP) is 2.35. The van der Waals surface area contributed by atoms with Crippen LogP contribution in [0.5, 0.6) is 0 Å². The van der Waals surface area contributed by atoms with E-state index in [1.165, 1.54) is 25.7 Å². The van der Waals surface area contributed by atoms with E-state index in [1.807, 2.05) is 0 Å². The lowest BCUT2D eigenvalue weighted by Crippen LogP contribution is -2.28. The zero-order chi connectivity index (χ0) is 11.6. The van der Waals surface area contributed by atoms with Crippen LogP contribution in [0.4, 0.5) is 0 Å². The van der Waals surface area contributed by atoms with E-state index in [1.54, 1.807) is 0 Å². The Bertz CT molecular complexity index is 158. The van der Waals surface area contributed by atoms with E-state index >= 15 is 0 Å². The van der Waals surface area contributed by atoms with Crippen molar-refractivity contribution in [2.24, 2.45) is 0 Å². The van der Waals surface area contributed by atoms with Crippen molar-refractivity contribution in [3.8, 4) is 0 Å². The van der Waals surface area contributed by atoms with Gasteiger partial charge in [-0.05, 0) is 52.1 Å². The van der Waals surface area contributed by atoms with Gasteiger partial charge in [0.05, 0.1) is 18.8 Å². The lowest BCUT2D eigenvalue weighted by atomic mass is 10.1. The van der Waals surface area contributed by atoms with Crippen molar-refractivity contribution in [1.82, 2.24) is 5.32 Å². The van der Waals surface area contributed by atoms with Crippen molar-refractivity contribution in [1.29, 1.82) is 0 Å². The second kappa shape index (κ2) is 8.97. The van der Waals surface area contributed by atoms with E-state index in [-0.39, 0.29) is 0 Å². The average molecular weight is 229 g/mol. The minimum Gasteiger partial charge on any atom is -0.376 e. The smallest absolute Gasteiger partial charge is 0.0808 e. The molecule has 1 heterocycles. The molecule has 0 aromatic carbocycles. The summed E-state index contributed by atoms with van der Waals surface area (Å²) in [6.45, 7) is 8.19. The van der Waals surface area contributed by atoms with Crippen molar-refractivity contribution >= 4 is 0 Å². The third-order valence-corrected chi connectivity index (χ3v) is 3.00. The Kier molecular flexibility index (Phi) is 7.81. The standard InChI is InChI=1S/C13H27NO2/c1-3-8-14-9-7-12(2)16-11-13-6-4-5-10-15-13/h12-14H,3-11H2,1-2H3. The van der Waals surface area contributed by atoms with Crippen molar-refractivity contribution in [2.45, 2.75) is 58.2 Å². The number of hydrogen-bond donors (Lipinski definition) is 1. The molecule has 2 unspecified atom stereocenters. The molecule has 0 aliphatic carbocycles. The van der Waals surface area contributed by atoms with Gasteiger partial charge < -0.3 is 14.8 Å². The zero-order valence-corrected chi connectivity index (χ0v) is 10.8. The van der Waals surface area contributed by atoms with Crippen LogP contribution in [-0.4, -0.2) is 38.5 Å². The topological polar surface area (TPSA) is 30.5 Å². The van der Waals surface area contributed by atoms with Crippen LogP contribution in [-0.2, 0) is 9.47 Å². The van der Waals surface area contributed by atoms with Crippen LogP contribution >= 0.6 is 0 Å². The summed E-state index contributed by atoms with van der Waals surface area (Å²) in [7, 11) is 0. The molecule has 0 spiro atoms. The molecule has 1 rings (SSSR count). The highest BCUT2D eigenvalue weighted by Gasteiger charge is 2.14. The van der Waals surface area contributed by atoms with Crippen LogP contribution in [0, 0.1) is 0 Å². The molecule has 0 amide bonds. The summed E-state index contributed by atoms with van der Waals surface area (Å²) in [6.07, 6.45) is 6.65. The van der Waals surface area contributed by atoms with E-state index < -0.39 is 0 Å². The van der Waals surface area contributed by atoms with E-state index in [4.69, 9.17) is 9.47 Å². The van der Waals surface area contributed by atoms with Gasteiger partial charge >= 0.3 is 0 Å². The Hall–Kier alpha value is -0.120. The molecular weight excluding hydrogens is 202 g/mol. The summed E-state index contributed by atoms with van der Waals surface area (Å²) in [5.41, 5.74) is 0. The summed E-state index contributed by atoms with van der Waals surface area (Å²) >= 11 is 0. The fourth-order valence-corrected chi connectivity index (χ4v) is 1.90. The van der Waals surface area contributed by atoms with Gasteiger partial charge in [0, 0.05) is 6.61 Å². The number of hydrogen-bond acceptors (Lipinski definition) is 3. The lowest BCUT2D eigenvalue weighted by molar-refractivity contribution is -0.0601. The fourth-order valence-electron chi connectivity index (χ4n) is 1.90. The molecule has 1 N–H and O–H groups in total. The van der Waals surface area contributed by atoms with E-state index in [0.717, 1.165) is 32.7 Å². The number of ether oxygens (including phenoxy) is 2. The van der Waals surface area contributed by atoms with Gasteiger partial charge in [-0.2, -0.15) is 0 Å². The Labute approximate surface area is 99.9 Å². The van der Waals surface area contributed by atoms with Crippen LogP contribution in [0.2, 0.25) is 0 Å². The molecule has 2 atom stereocenters. The molecular formula is C13H27NO2. The quantitative estimate of drug-likeness (QED) is 0.648. The van der Waals surface area contributed by atoms with Gasteiger partial charge in [-0.15, -0.1) is 0 Å². The second-order valence-corrected chi connectivity index (χ2v) is 4.67. The maximum absolute atomic E-state index is 5.80. The summed E-state index contributed by atoms with van der Waals surface area (Å²) in [5.74, 6) is 0. The second-order valence-electron chi connectivity index (χ2n) is 4.67. The molecule has 96 valence electrons. The molecule has 1 saturated heterocycles. The fraction of sp³-hybridized carbons (Fsp3) is 1.00. The molecule has 0 aromatic rings. The van der Waals surface area contributed by atoms with Crippen LogP contribution in [0.3, 0.4) is 0 Å². The molecule has 0 aromatic heterocycles. The molecule has 1 aliphatic rings. The van der Waals surface area contributed by atoms with Crippen LogP contribution in [0.25, 0.3) is 0 Å². The first kappa shape index (κ1) is 13.9. The maximum atomic E-state index is 5.80. The van der Waals surface area contributed by atoms with Crippen molar-refractivity contribution in [2.75, 3.05) is 26.3 Å². The lowest BCUT2D eigenvalue weighted by Gasteiger charge is -2.24. The first-order chi connectivity index (χ1) is 7.83. The van der Waals surface area contributed by atoms with E-state index in [0.29, 0.717) is 12.2 Å². The van der Waals surface area contributed by atoms with Crippen LogP contribution in [0.1, 0.15) is 46.0 Å². The van der Waals surface area contributed by atoms with Gasteiger partial charge in [-0.1, -0.05) is 6.92 Å². The number of rotatable bonds is 8. The number of nitrogens with one attached hydrogen (secondary N) is 1. The van der Waals surface area contributed by atoms with Gasteiger partial charge in [0.15, 0.2) is 0 Å². The van der Waals surface area contributed by atoms with Crippen molar-refractivity contribution < 1.29 is 9.47 Å². The summed E-state index contributed by atoms with van der Waals surface area (Å²) in [6, 6.07) is 0. The Morgan fingerprint density at radius 3 is 2.94 bits per heavy atom. The predicted molar refractivity (Wildman–Crippen MR) is 66.8 cm³/mol. The minimum atomic E-state index is 0.342. The van der Waals surface area contributed by atoms with E-state index in [9.17, 15) is 0 Å². The molecule has 3 heteroatoms. The zero-order valence-electron chi connectivity index (χ0n) is 10.8. The van der Waals surface area contributed by atoms with Gasteiger partial charge in [-0.25, -0.2) is 0 Å². The van der Waals surface area contributed by atoms with Gasteiger partial charge in [0.2, 0.25) is 0 Å². The van der Waals surface area contributed by atoms with Crippen molar-refractivity contribution in [3.63, 3.8) is 0 Å². The highest BCUT2D eigenvalue weighted by atomic mass is 16.5. The highest BCUT2D eigenvalue weighted by molar-refractivity contribution is 4.64. The third kappa shape index (κ3) is 6.46. The summed E-state index contributed by atoms with van der Waals surface area (Å²) in [5, 5.41) is 3.39. The van der Waals surface area contributed by atoms with Gasteiger partial charge in [-0.3, -0.25) is 0 Å². The van der Waals surface area contributed by atoms with Gasteiger partial charge in [0.25, 0.3) is 0 Å². The molecule has 0 radical (unpaired) electrons. The van der Waals surface area contributed by atoms with Crippen LogP contribution in [0.15, 0.2) is 0 Å². The Balaban J connectivity index is 1.94. The Morgan fingerprint density at radius 2 is 2.25 bits per heavy atom. The first-order valence-corrected chi connectivity index (χ1v) is 6.77. The molecule has 0 saturated carbocycles. The summed E-state index contributed by atoms with van der Waals surface area (Å²) in [4.78, 5) is 0. The monoisotopic (exact) mass is 229 g/mol. The SMILES string of the molecule is CCCNCCC(C)OCC1CCCCO1. The molecule has 1 aliphatic heterocycles. The van der Waals surface area contributed by atoms with Crippen molar-refractivity contribution in [3.05, 3.63) is 0 Å². The molecule has 3 nitrogen and oxygen atoms in total. The average Bonchev–Trinajstić information content (AvgIpc) is 2.33. The molecule has 1 fully saturated rings. The first-order valence-electron chi connectivity index (χ1n) is 6.77. The van der Waals surface area contributed by atoms with Gasteiger partial charge in [0.1, 0.15) is 0 Å². The van der Waals surface area contributed by atoms with E-state index in [2.05, 4.69) is 19.2 Å². The molecule has 16 heavy (non-hydrogen) atoms. The third-order valence-electron chi connectivity index (χ3n) is 3.00. The normalized spacial score (nSPS) is 23.2. The molecule has 0 bridgehead atoms. The summed E-state index contributed by atoms with van der Waals surface area (Å²) < 4.78 is 11.4. The minimum absolute atomic E-state index is 0.342. The highest BCUT2D eigenvalue weighted by Crippen LogP contribution is 2.13. The Morgan fingerprint density at radius 1 is 1.38 bits per heavy atom. The maximum Gasteiger partial charge on any atom is 0.0808 e. The largest absolute Gasteiger partial charge is 0.376 e.